The van der Waals surface area contributed by atoms with E-state index in [1.165, 1.54) is 6.92 Å². The van der Waals surface area contributed by atoms with Gasteiger partial charge < -0.3 is 10.2 Å². The van der Waals surface area contributed by atoms with Crippen LogP contribution in [0.2, 0.25) is 0 Å². The molecule has 2 aromatic heterocycles. The number of rotatable bonds is 5. The number of nitrogens with one attached hydrogen (secondary N) is 1. The molecule has 0 aromatic carbocycles. The third-order valence-corrected chi connectivity index (χ3v) is 4.51. The number of amides is 2. The van der Waals surface area contributed by atoms with Crippen molar-refractivity contribution in [2.75, 3.05) is 6.54 Å². The summed E-state index contributed by atoms with van der Waals surface area (Å²) < 4.78 is 1.74. The van der Waals surface area contributed by atoms with Gasteiger partial charge in [0.05, 0.1) is 24.0 Å². The lowest BCUT2D eigenvalue weighted by atomic mass is 10.2. The molecule has 138 valence electrons. The second kappa shape index (κ2) is 7.63. The average molecular weight is 356 g/mol. The average Bonchev–Trinajstić information content (AvgIpc) is 3.20. The van der Waals surface area contributed by atoms with Crippen LogP contribution in [0.15, 0.2) is 18.3 Å². The summed E-state index contributed by atoms with van der Waals surface area (Å²) in [6.45, 7) is 6.62. The number of carbonyl (C=O) groups is 2. The Hall–Kier alpha value is -2.77. The Kier molecular flexibility index (Phi) is 5.29. The van der Waals surface area contributed by atoms with Crippen molar-refractivity contribution in [3.63, 3.8) is 0 Å². The summed E-state index contributed by atoms with van der Waals surface area (Å²) in [5.41, 5.74) is 2.62. The molecule has 2 aromatic rings. The summed E-state index contributed by atoms with van der Waals surface area (Å²) in [5.74, 6) is 0.550. The summed E-state index contributed by atoms with van der Waals surface area (Å²) >= 11 is 0. The van der Waals surface area contributed by atoms with Crippen LogP contribution >= 0.6 is 0 Å². The molecule has 1 atom stereocenters. The van der Waals surface area contributed by atoms with Gasteiger partial charge >= 0.3 is 0 Å². The molecule has 3 rings (SSSR count). The van der Waals surface area contributed by atoms with Crippen LogP contribution < -0.4 is 5.32 Å². The maximum Gasteiger partial charge on any atom is 0.244 e. The van der Waals surface area contributed by atoms with E-state index < -0.39 is 0 Å². The number of likely N-dealkylation sites (tertiary alicyclic amines) is 1. The van der Waals surface area contributed by atoms with Gasteiger partial charge in [-0.15, -0.1) is 0 Å². The van der Waals surface area contributed by atoms with Crippen LogP contribution in [-0.4, -0.2) is 43.0 Å². The summed E-state index contributed by atoms with van der Waals surface area (Å²) in [7, 11) is 0. The third-order valence-electron chi connectivity index (χ3n) is 4.51. The quantitative estimate of drug-likeness (QED) is 0.871. The number of carbonyl (C=O) groups excluding carboxylic acids is 2. The lowest BCUT2D eigenvalue weighted by molar-refractivity contribution is -0.133. The molecule has 1 saturated heterocycles. The second-order valence-electron chi connectivity index (χ2n) is 6.65. The molecule has 0 saturated carbocycles. The zero-order chi connectivity index (χ0) is 18.7. The van der Waals surface area contributed by atoms with E-state index in [9.17, 15) is 9.59 Å². The lowest BCUT2D eigenvalue weighted by Crippen LogP contribution is -2.34. The zero-order valence-corrected chi connectivity index (χ0v) is 15.4. The molecule has 1 aliphatic rings. The molecule has 0 bridgehead atoms. The standard InChI is InChI=1S/C18H24N6O2/c1-12-9-13(2)24(22-12)11-17(26)23-8-4-5-16(23)18-19-7-6-15(21-18)10-20-14(3)25/h6-7,9,16H,4-5,8,10-11H2,1-3H3,(H,20,25)/t16-/m0/s1. The van der Waals surface area contributed by atoms with Crippen LogP contribution in [0.1, 0.15) is 48.7 Å². The Morgan fingerprint density at radius 3 is 2.85 bits per heavy atom. The molecule has 2 amide bonds. The Bertz CT molecular complexity index is 816. The first kappa shape index (κ1) is 18.0. The fraction of sp³-hybridized carbons (Fsp3) is 0.500. The van der Waals surface area contributed by atoms with E-state index in [-0.39, 0.29) is 24.4 Å². The van der Waals surface area contributed by atoms with Gasteiger partial charge in [-0.05, 0) is 38.8 Å². The van der Waals surface area contributed by atoms with Gasteiger partial charge in [0, 0.05) is 25.4 Å². The van der Waals surface area contributed by atoms with Crippen molar-refractivity contribution >= 4 is 11.8 Å². The van der Waals surface area contributed by atoms with Crippen LogP contribution in [-0.2, 0) is 22.7 Å². The van der Waals surface area contributed by atoms with E-state index in [1.54, 1.807) is 16.9 Å². The maximum atomic E-state index is 12.8. The van der Waals surface area contributed by atoms with Crippen molar-refractivity contribution in [1.82, 2.24) is 30.0 Å². The molecule has 0 radical (unpaired) electrons. The lowest BCUT2D eigenvalue weighted by Gasteiger charge is -2.24. The smallest absolute Gasteiger partial charge is 0.244 e. The third kappa shape index (κ3) is 4.07. The van der Waals surface area contributed by atoms with Crippen LogP contribution in [0, 0.1) is 13.8 Å². The largest absolute Gasteiger partial charge is 0.351 e. The van der Waals surface area contributed by atoms with Crippen LogP contribution in [0.5, 0.6) is 0 Å². The van der Waals surface area contributed by atoms with E-state index in [2.05, 4.69) is 20.4 Å². The second-order valence-corrected chi connectivity index (χ2v) is 6.65. The van der Waals surface area contributed by atoms with Gasteiger partial charge in [0.25, 0.3) is 0 Å². The number of hydrogen-bond acceptors (Lipinski definition) is 5. The molecule has 8 heteroatoms. The first-order chi connectivity index (χ1) is 12.4. The highest BCUT2D eigenvalue weighted by atomic mass is 16.2. The molecule has 3 heterocycles. The summed E-state index contributed by atoms with van der Waals surface area (Å²) in [6.07, 6.45) is 3.45. The molecule has 26 heavy (non-hydrogen) atoms. The fourth-order valence-electron chi connectivity index (χ4n) is 3.27. The highest BCUT2D eigenvalue weighted by molar-refractivity contribution is 5.76. The van der Waals surface area contributed by atoms with Gasteiger partial charge in [-0.25, -0.2) is 9.97 Å². The maximum absolute atomic E-state index is 12.8. The molecule has 1 N–H and O–H groups in total. The Morgan fingerprint density at radius 1 is 1.35 bits per heavy atom. The first-order valence-electron chi connectivity index (χ1n) is 8.81. The van der Waals surface area contributed by atoms with Crippen LogP contribution in [0.3, 0.4) is 0 Å². The molecule has 1 aliphatic heterocycles. The minimum atomic E-state index is -0.128. The van der Waals surface area contributed by atoms with E-state index in [4.69, 9.17) is 0 Å². The molecular weight excluding hydrogens is 332 g/mol. The molecule has 0 aliphatic carbocycles. The Labute approximate surface area is 152 Å². The van der Waals surface area contributed by atoms with Crippen molar-refractivity contribution in [1.29, 1.82) is 0 Å². The topological polar surface area (TPSA) is 93.0 Å². The minimum absolute atomic E-state index is 0.0227. The van der Waals surface area contributed by atoms with Gasteiger partial charge in [-0.3, -0.25) is 14.3 Å². The number of nitrogens with zero attached hydrogens (tertiary/aromatic N) is 5. The van der Waals surface area contributed by atoms with Gasteiger partial charge in [-0.2, -0.15) is 5.10 Å². The van der Waals surface area contributed by atoms with Crippen molar-refractivity contribution < 1.29 is 9.59 Å². The van der Waals surface area contributed by atoms with Gasteiger partial charge in [0.15, 0.2) is 5.82 Å². The summed E-state index contributed by atoms with van der Waals surface area (Å²) in [5, 5.41) is 7.11. The number of aromatic nitrogens is 4. The van der Waals surface area contributed by atoms with E-state index in [1.807, 2.05) is 24.8 Å². The van der Waals surface area contributed by atoms with Crippen LogP contribution in [0.25, 0.3) is 0 Å². The fourth-order valence-corrected chi connectivity index (χ4v) is 3.27. The van der Waals surface area contributed by atoms with Crippen molar-refractivity contribution in [3.8, 4) is 0 Å². The summed E-state index contributed by atoms with van der Waals surface area (Å²) in [4.78, 5) is 34.7. The SMILES string of the molecule is CC(=O)NCc1ccnc([C@@H]2CCCN2C(=O)Cn2nc(C)cc2C)n1. The van der Waals surface area contributed by atoms with Gasteiger partial charge in [0.1, 0.15) is 6.54 Å². The molecular formula is C18H24N6O2. The first-order valence-corrected chi connectivity index (χ1v) is 8.81. The van der Waals surface area contributed by atoms with Gasteiger partial charge in [-0.1, -0.05) is 0 Å². The minimum Gasteiger partial charge on any atom is -0.351 e. The summed E-state index contributed by atoms with van der Waals surface area (Å²) in [6, 6.07) is 3.61. The van der Waals surface area contributed by atoms with E-state index in [0.29, 0.717) is 18.9 Å². The van der Waals surface area contributed by atoms with Gasteiger partial charge in [0.2, 0.25) is 11.8 Å². The predicted molar refractivity (Wildman–Crippen MR) is 94.9 cm³/mol. The number of aryl methyl sites for hydroxylation is 2. The highest BCUT2D eigenvalue weighted by Gasteiger charge is 2.32. The highest BCUT2D eigenvalue weighted by Crippen LogP contribution is 2.30. The van der Waals surface area contributed by atoms with Crippen molar-refractivity contribution in [3.05, 3.63) is 41.2 Å². The molecule has 0 unspecified atom stereocenters. The number of hydrogen-bond donors (Lipinski definition) is 1. The Morgan fingerprint density at radius 2 is 2.15 bits per heavy atom. The van der Waals surface area contributed by atoms with E-state index >= 15 is 0 Å². The Balaban J connectivity index is 1.73. The van der Waals surface area contributed by atoms with Crippen molar-refractivity contribution in [2.24, 2.45) is 0 Å². The molecule has 0 spiro atoms. The monoisotopic (exact) mass is 356 g/mol. The van der Waals surface area contributed by atoms with E-state index in [0.717, 1.165) is 29.9 Å². The van der Waals surface area contributed by atoms with Crippen LogP contribution in [0.4, 0.5) is 0 Å². The molecule has 8 nitrogen and oxygen atoms in total. The van der Waals surface area contributed by atoms with Crippen molar-refractivity contribution in [2.45, 2.75) is 52.7 Å². The predicted octanol–water partition coefficient (Wildman–Crippen LogP) is 1.29. The zero-order valence-electron chi connectivity index (χ0n) is 15.4. The molecule has 1 fully saturated rings. The normalized spacial score (nSPS) is 16.7.